The molecule has 0 aliphatic carbocycles. The highest BCUT2D eigenvalue weighted by Gasteiger charge is 2.21. The molecule has 0 aromatic heterocycles. The van der Waals surface area contributed by atoms with Gasteiger partial charge in [-0.2, -0.15) is 0 Å². The number of nitrogens with two attached hydrogens (primary N) is 1. The molecule has 1 heterocycles. The molecule has 1 aliphatic rings. The van der Waals surface area contributed by atoms with Crippen LogP contribution in [0.1, 0.15) is 13.3 Å². The van der Waals surface area contributed by atoms with Crippen molar-refractivity contribution in [2.75, 3.05) is 0 Å². The van der Waals surface area contributed by atoms with Crippen molar-refractivity contribution in [1.29, 1.82) is 0 Å². The van der Waals surface area contributed by atoms with E-state index in [-0.39, 0.29) is 11.8 Å². The smallest absolute Gasteiger partial charge is 0.264 e. The van der Waals surface area contributed by atoms with Gasteiger partial charge in [-0.05, 0) is 13.3 Å². The SMILES string of the molecule is CC(=O)C1CC=C(C(N)=O)N1. The number of rotatable bonds is 2. The Balaban J connectivity index is 2.56. The van der Waals surface area contributed by atoms with Gasteiger partial charge in [-0.25, -0.2) is 0 Å². The topological polar surface area (TPSA) is 72.2 Å². The molecule has 1 amide bonds. The fraction of sp³-hybridized carbons (Fsp3) is 0.429. The number of amides is 1. The summed E-state index contributed by atoms with van der Waals surface area (Å²) in [6.45, 7) is 1.48. The average molecular weight is 154 g/mol. The molecule has 1 unspecified atom stereocenters. The van der Waals surface area contributed by atoms with Gasteiger partial charge in [-0.3, -0.25) is 9.59 Å². The zero-order chi connectivity index (χ0) is 8.43. The van der Waals surface area contributed by atoms with Crippen LogP contribution in [-0.4, -0.2) is 17.7 Å². The summed E-state index contributed by atoms with van der Waals surface area (Å²) in [6, 6.07) is -0.252. The number of ketones is 1. The van der Waals surface area contributed by atoms with Crippen LogP contribution in [-0.2, 0) is 9.59 Å². The molecule has 0 saturated heterocycles. The van der Waals surface area contributed by atoms with Crippen molar-refractivity contribution in [3.63, 3.8) is 0 Å². The van der Waals surface area contributed by atoms with Gasteiger partial charge in [0.15, 0.2) is 5.78 Å². The molecular formula is C7H10N2O2. The van der Waals surface area contributed by atoms with E-state index < -0.39 is 5.91 Å². The van der Waals surface area contributed by atoms with E-state index in [2.05, 4.69) is 5.32 Å². The molecule has 4 nitrogen and oxygen atoms in total. The number of hydrogen-bond donors (Lipinski definition) is 2. The lowest BCUT2D eigenvalue weighted by Crippen LogP contribution is -2.33. The van der Waals surface area contributed by atoms with Crippen molar-refractivity contribution >= 4 is 11.7 Å². The standard InChI is InChI=1S/C7H10N2O2/c1-4(10)5-2-3-6(9-5)7(8)11/h3,5,9H,2H2,1H3,(H2,8,11). The third kappa shape index (κ3) is 1.58. The van der Waals surface area contributed by atoms with Gasteiger partial charge in [0.1, 0.15) is 0 Å². The molecule has 0 bridgehead atoms. The summed E-state index contributed by atoms with van der Waals surface area (Å²) in [7, 11) is 0. The monoisotopic (exact) mass is 154 g/mol. The first-order valence-electron chi connectivity index (χ1n) is 3.38. The summed E-state index contributed by atoms with van der Waals surface area (Å²) in [5, 5.41) is 2.73. The van der Waals surface area contributed by atoms with Crippen LogP contribution in [0.15, 0.2) is 11.8 Å². The van der Waals surface area contributed by atoms with Crippen LogP contribution in [0, 0.1) is 0 Å². The Labute approximate surface area is 64.4 Å². The van der Waals surface area contributed by atoms with E-state index in [0.29, 0.717) is 12.1 Å². The molecule has 4 heteroatoms. The molecule has 0 aromatic rings. The third-order valence-corrected chi connectivity index (χ3v) is 1.64. The molecule has 1 atom stereocenters. The van der Waals surface area contributed by atoms with Crippen LogP contribution in [0.25, 0.3) is 0 Å². The first-order valence-corrected chi connectivity index (χ1v) is 3.38. The van der Waals surface area contributed by atoms with E-state index in [4.69, 9.17) is 5.73 Å². The van der Waals surface area contributed by atoms with E-state index in [9.17, 15) is 9.59 Å². The van der Waals surface area contributed by atoms with Crippen molar-refractivity contribution < 1.29 is 9.59 Å². The predicted molar refractivity (Wildman–Crippen MR) is 39.5 cm³/mol. The quantitative estimate of drug-likeness (QED) is 0.552. The Morgan fingerprint density at radius 1 is 1.73 bits per heavy atom. The largest absolute Gasteiger partial charge is 0.371 e. The maximum absolute atomic E-state index is 10.8. The summed E-state index contributed by atoms with van der Waals surface area (Å²) in [5.41, 5.74) is 5.33. The van der Waals surface area contributed by atoms with Crippen LogP contribution in [0.3, 0.4) is 0 Å². The lowest BCUT2D eigenvalue weighted by Gasteiger charge is -2.07. The molecule has 3 N–H and O–H groups in total. The number of carbonyl (C=O) groups is 2. The van der Waals surface area contributed by atoms with Crippen LogP contribution < -0.4 is 11.1 Å². The minimum atomic E-state index is -0.506. The summed E-state index contributed by atoms with van der Waals surface area (Å²) < 4.78 is 0. The molecule has 0 saturated carbocycles. The summed E-state index contributed by atoms with van der Waals surface area (Å²) in [6.07, 6.45) is 2.21. The van der Waals surface area contributed by atoms with E-state index in [1.807, 2.05) is 0 Å². The van der Waals surface area contributed by atoms with Crippen LogP contribution in [0.5, 0.6) is 0 Å². The molecule has 0 radical (unpaired) electrons. The van der Waals surface area contributed by atoms with Crippen molar-refractivity contribution in [3.05, 3.63) is 11.8 Å². The van der Waals surface area contributed by atoms with Gasteiger partial charge in [0.2, 0.25) is 0 Å². The molecule has 0 aromatic carbocycles. The van der Waals surface area contributed by atoms with E-state index in [1.54, 1.807) is 6.08 Å². The number of carbonyl (C=O) groups excluding carboxylic acids is 2. The highest BCUT2D eigenvalue weighted by molar-refractivity contribution is 5.94. The molecule has 11 heavy (non-hydrogen) atoms. The molecule has 1 aliphatic heterocycles. The van der Waals surface area contributed by atoms with Crippen LogP contribution in [0.4, 0.5) is 0 Å². The fourth-order valence-electron chi connectivity index (χ4n) is 0.981. The predicted octanol–water partition coefficient (Wildman–Crippen LogP) is -0.693. The fourth-order valence-corrected chi connectivity index (χ4v) is 0.981. The summed E-state index contributed by atoms with van der Waals surface area (Å²) in [4.78, 5) is 21.3. The Bertz CT molecular complexity index is 233. The highest BCUT2D eigenvalue weighted by Crippen LogP contribution is 2.08. The van der Waals surface area contributed by atoms with E-state index >= 15 is 0 Å². The molecule has 1 rings (SSSR count). The van der Waals surface area contributed by atoms with Gasteiger partial charge >= 0.3 is 0 Å². The number of primary amides is 1. The van der Waals surface area contributed by atoms with Gasteiger partial charge in [-0.15, -0.1) is 0 Å². The Morgan fingerprint density at radius 2 is 2.36 bits per heavy atom. The highest BCUT2D eigenvalue weighted by atomic mass is 16.1. The van der Waals surface area contributed by atoms with Crippen molar-refractivity contribution in [1.82, 2.24) is 5.32 Å². The second-order valence-corrected chi connectivity index (χ2v) is 2.53. The Morgan fingerprint density at radius 3 is 2.64 bits per heavy atom. The van der Waals surface area contributed by atoms with Crippen molar-refractivity contribution in [2.45, 2.75) is 19.4 Å². The Hall–Kier alpha value is -1.32. The maximum atomic E-state index is 10.8. The first kappa shape index (κ1) is 7.78. The number of nitrogens with one attached hydrogen (secondary N) is 1. The van der Waals surface area contributed by atoms with Crippen LogP contribution >= 0.6 is 0 Å². The van der Waals surface area contributed by atoms with Gasteiger partial charge in [0, 0.05) is 0 Å². The van der Waals surface area contributed by atoms with Gasteiger partial charge in [-0.1, -0.05) is 6.08 Å². The molecular weight excluding hydrogens is 144 g/mol. The molecule has 0 spiro atoms. The lowest BCUT2D eigenvalue weighted by atomic mass is 10.2. The average Bonchev–Trinajstić information content (AvgIpc) is 2.33. The van der Waals surface area contributed by atoms with Crippen LogP contribution in [0.2, 0.25) is 0 Å². The Kier molecular flexibility index (Phi) is 1.94. The van der Waals surface area contributed by atoms with E-state index in [0.717, 1.165) is 0 Å². The second-order valence-electron chi connectivity index (χ2n) is 2.53. The summed E-state index contributed by atoms with van der Waals surface area (Å²) >= 11 is 0. The zero-order valence-corrected chi connectivity index (χ0v) is 6.26. The van der Waals surface area contributed by atoms with Gasteiger partial charge in [0.25, 0.3) is 5.91 Å². The lowest BCUT2D eigenvalue weighted by molar-refractivity contribution is -0.118. The first-order chi connectivity index (χ1) is 5.11. The van der Waals surface area contributed by atoms with Crippen molar-refractivity contribution in [3.8, 4) is 0 Å². The minimum Gasteiger partial charge on any atom is -0.371 e. The van der Waals surface area contributed by atoms with E-state index in [1.165, 1.54) is 6.92 Å². The molecule has 60 valence electrons. The second kappa shape index (κ2) is 2.74. The third-order valence-electron chi connectivity index (χ3n) is 1.64. The normalized spacial score (nSPS) is 22.3. The molecule has 0 fully saturated rings. The number of Topliss-reactive ketones (excluding diaryl/α,β-unsaturated/α-hetero) is 1. The van der Waals surface area contributed by atoms with Gasteiger partial charge in [0.05, 0.1) is 11.7 Å². The zero-order valence-electron chi connectivity index (χ0n) is 6.26. The number of hydrogen-bond acceptors (Lipinski definition) is 3. The van der Waals surface area contributed by atoms with Crippen molar-refractivity contribution in [2.24, 2.45) is 5.73 Å². The maximum Gasteiger partial charge on any atom is 0.264 e. The van der Waals surface area contributed by atoms with Gasteiger partial charge < -0.3 is 11.1 Å². The summed E-state index contributed by atoms with van der Waals surface area (Å²) in [5.74, 6) is -0.480. The minimum absolute atomic E-state index is 0.0255.